The van der Waals surface area contributed by atoms with Crippen LogP contribution in [0.4, 0.5) is 4.79 Å². The van der Waals surface area contributed by atoms with Crippen molar-refractivity contribution in [3.63, 3.8) is 0 Å². The number of piperidine rings is 1. The molecule has 2 saturated heterocycles. The van der Waals surface area contributed by atoms with E-state index >= 15 is 0 Å². The molecule has 0 aliphatic carbocycles. The third-order valence-electron chi connectivity index (χ3n) is 6.49. The molecule has 0 aromatic rings. The number of carbonyl (C=O) groups is 4. The van der Waals surface area contributed by atoms with Crippen molar-refractivity contribution in [3.8, 4) is 0 Å². The summed E-state index contributed by atoms with van der Waals surface area (Å²) < 4.78 is 54.0. The fraction of sp³-hybridized carbons (Fsp3) is 0.840. The first-order valence-corrected chi connectivity index (χ1v) is 15.0. The minimum Gasteiger partial charge on any atom is -0.456 e. The highest BCUT2D eigenvalue weighted by Crippen LogP contribution is 2.34. The number of nitrogens with zero attached hydrogens (tertiary/aromatic N) is 1. The summed E-state index contributed by atoms with van der Waals surface area (Å²) in [6, 6.07) is -1.02. The molecule has 0 spiro atoms. The average Bonchev–Trinajstić information content (AvgIpc) is 3.22. The van der Waals surface area contributed by atoms with E-state index in [0.29, 0.717) is 6.42 Å². The van der Waals surface area contributed by atoms with Gasteiger partial charge in [-0.05, 0) is 6.42 Å². The van der Waals surface area contributed by atoms with Crippen molar-refractivity contribution in [1.82, 2.24) is 9.62 Å². The van der Waals surface area contributed by atoms with E-state index in [2.05, 4.69) is 11.6 Å². The summed E-state index contributed by atoms with van der Waals surface area (Å²) in [5, 5.41) is 0. The maximum Gasteiger partial charge on any atom is 0.411 e. The average molecular weight is 579 g/mol. The van der Waals surface area contributed by atoms with Gasteiger partial charge in [-0.2, -0.15) is 13.1 Å². The molecule has 0 aromatic carbocycles. The van der Waals surface area contributed by atoms with Crippen LogP contribution in [0.1, 0.15) is 91.9 Å². The lowest BCUT2D eigenvalue weighted by Gasteiger charge is -2.47. The second-order valence-corrected chi connectivity index (χ2v) is 11.2. The normalized spacial score (nSPS) is 24.6. The summed E-state index contributed by atoms with van der Waals surface area (Å²) in [5.41, 5.74) is 0. The van der Waals surface area contributed by atoms with Crippen LogP contribution in [0.25, 0.3) is 0 Å². The van der Waals surface area contributed by atoms with E-state index in [1.165, 1.54) is 32.1 Å². The largest absolute Gasteiger partial charge is 0.456 e. The molecule has 2 unspecified atom stereocenters. The second-order valence-electron chi connectivity index (χ2n) is 9.79. The molecule has 14 heteroatoms. The van der Waals surface area contributed by atoms with Crippen molar-refractivity contribution in [2.24, 2.45) is 0 Å². The van der Waals surface area contributed by atoms with Crippen molar-refractivity contribution in [2.45, 2.75) is 122 Å². The lowest BCUT2D eigenvalue weighted by molar-refractivity contribution is -0.207. The number of esters is 3. The molecule has 5 atom stereocenters. The van der Waals surface area contributed by atoms with E-state index in [4.69, 9.17) is 23.1 Å². The van der Waals surface area contributed by atoms with E-state index in [0.717, 1.165) is 51.4 Å². The molecular weight excluding hydrogens is 536 g/mol. The lowest BCUT2D eigenvalue weighted by Crippen LogP contribution is -2.72. The zero-order valence-electron chi connectivity index (χ0n) is 23.2. The zero-order chi connectivity index (χ0) is 29.0. The molecule has 2 aliphatic heterocycles. The summed E-state index contributed by atoms with van der Waals surface area (Å²) >= 11 is 0. The Hall–Kier alpha value is -2.45. The first-order valence-electron chi connectivity index (χ1n) is 13.6. The number of amides is 1. The summed E-state index contributed by atoms with van der Waals surface area (Å²) in [6.07, 6.45) is 3.90. The van der Waals surface area contributed by atoms with Crippen LogP contribution < -0.4 is 4.72 Å². The summed E-state index contributed by atoms with van der Waals surface area (Å²) in [7, 11) is -4.45. The molecule has 0 saturated carbocycles. The van der Waals surface area contributed by atoms with Gasteiger partial charge in [0.1, 0.15) is 18.8 Å². The SMILES string of the molecule is CCCCCCCCCCCCOS(=O)(=O)N[C@@H]1C(OC(C)=O)[C@@H](OC(C)=O)[C@H](OC(C)=O)C2COC(=O)N21. The molecule has 39 heavy (non-hydrogen) atoms. The van der Waals surface area contributed by atoms with Gasteiger partial charge in [0.15, 0.2) is 18.3 Å². The zero-order valence-corrected chi connectivity index (χ0v) is 24.0. The van der Waals surface area contributed by atoms with Crippen LogP contribution in [0, 0.1) is 0 Å². The van der Waals surface area contributed by atoms with Gasteiger partial charge in [0.25, 0.3) is 0 Å². The number of nitrogens with one attached hydrogen (secondary N) is 1. The van der Waals surface area contributed by atoms with Crippen LogP contribution in [0.15, 0.2) is 0 Å². The Labute approximate surface area is 230 Å². The number of rotatable bonds is 17. The van der Waals surface area contributed by atoms with E-state index in [-0.39, 0.29) is 13.2 Å². The molecule has 0 bridgehead atoms. The van der Waals surface area contributed by atoms with Crippen molar-refractivity contribution in [1.29, 1.82) is 0 Å². The standard InChI is InChI=1S/C25H42N2O11S/c1-5-6-7-8-9-10-11-12-13-14-15-35-39(32,33)26-24-23(38-19(4)30)22(37-18(3)29)21(36-17(2)28)20-16-34-25(31)27(20)24/h20-24,26H,5-16H2,1-4H3/t20?,21-,22+,23?,24+/m1/s1. The van der Waals surface area contributed by atoms with Gasteiger partial charge in [-0.15, -0.1) is 0 Å². The molecule has 224 valence electrons. The second kappa shape index (κ2) is 16.0. The van der Waals surface area contributed by atoms with Gasteiger partial charge >= 0.3 is 34.3 Å². The number of hydrogen-bond acceptors (Lipinski definition) is 11. The van der Waals surface area contributed by atoms with Crippen LogP contribution in [-0.2, 0) is 47.8 Å². The molecule has 2 fully saturated rings. The van der Waals surface area contributed by atoms with Gasteiger partial charge in [-0.3, -0.25) is 23.5 Å². The third kappa shape index (κ3) is 10.6. The van der Waals surface area contributed by atoms with E-state index in [1.807, 2.05) is 0 Å². The first-order chi connectivity index (χ1) is 18.5. The molecule has 2 rings (SSSR count). The summed E-state index contributed by atoms with van der Waals surface area (Å²) in [5.74, 6) is -2.40. The fourth-order valence-corrected chi connectivity index (χ4v) is 5.76. The first kappa shape index (κ1) is 32.8. The highest BCUT2D eigenvalue weighted by Gasteiger charge is 2.60. The van der Waals surface area contributed by atoms with Crippen molar-refractivity contribution >= 4 is 34.3 Å². The molecule has 0 aromatic heterocycles. The molecular formula is C25H42N2O11S. The number of ether oxygens (including phenoxy) is 4. The molecule has 2 aliphatic rings. The van der Waals surface area contributed by atoms with Crippen molar-refractivity contribution < 1.29 is 50.7 Å². The van der Waals surface area contributed by atoms with Crippen molar-refractivity contribution in [2.75, 3.05) is 13.2 Å². The summed E-state index contributed by atoms with van der Waals surface area (Å²) in [6.45, 7) is 5.08. The smallest absolute Gasteiger partial charge is 0.411 e. The minimum absolute atomic E-state index is 0.0892. The predicted octanol–water partition coefficient (Wildman–Crippen LogP) is 2.71. The van der Waals surface area contributed by atoms with Gasteiger partial charge in [0.2, 0.25) is 0 Å². The predicted molar refractivity (Wildman–Crippen MR) is 137 cm³/mol. The Morgan fingerprint density at radius 3 is 1.85 bits per heavy atom. The van der Waals surface area contributed by atoms with Crippen LogP contribution in [0.5, 0.6) is 0 Å². The maximum absolute atomic E-state index is 12.8. The molecule has 2 heterocycles. The lowest BCUT2D eigenvalue weighted by atomic mass is 9.92. The Bertz CT molecular complexity index is 942. The Morgan fingerprint density at radius 1 is 0.821 bits per heavy atom. The number of unbranched alkanes of at least 4 members (excludes halogenated alkanes) is 9. The monoisotopic (exact) mass is 578 g/mol. The summed E-state index contributed by atoms with van der Waals surface area (Å²) in [4.78, 5) is 49.1. The number of hydrogen-bond donors (Lipinski definition) is 1. The quantitative estimate of drug-likeness (QED) is 0.153. The third-order valence-corrected chi connectivity index (χ3v) is 7.50. The number of carbonyl (C=O) groups excluding carboxylic acids is 4. The molecule has 1 amide bonds. The van der Waals surface area contributed by atoms with E-state index in [1.54, 1.807) is 0 Å². The topological polar surface area (TPSA) is 164 Å². The fourth-order valence-electron chi connectivity index (χ4n) is 4.81. The maximum atomic E-state index is 12.8. The van der Waals surface area contributed by atoms with Crippen LogP contribution in [0.2, 0.25) is 0 Å². The van der Waals surface area contributed by atoms with Gasteiger partial charge < -0.3 is 18.9 Å². The highest BCUT2D eigenvalue weighted by molar-refractivity contribution is 7.84. The van der Waals surface area contributed by atoms with Crippen molar-refractivity contribution in [3.05, 3.63) is 0 Å². The van der Waals surface area contributed by atoms with Gasteiger partial charge in [0.05, 0.1) is 6.61 Å². The van der Waals surface area contributed by atoms with E-state index in [9.17, 15) is 27.6 Å². The van der Waals surface area contributed by atoms with Gasteiger partial charge in [0, 0.05) is 20.8 Å². The Morgan fingerprint density at radius 2 is 1.31 bits per heavy atom. The van der Waals surface area contributed by atoms with Crippen LogP contribution in [0.3, 0.4) is 0 Å². The van der Waals surface area contributed by atoms with E-state index < -0.39 is 64.8 Å². The Kier molecular flexibility index (Phi) is 13.4. The molecule has 0 radical (unpaired) electrons. The van der Waals surface area contributed by atoms with Crippen LogP contribution >= 0.6 is 0 Å². The number of fused-ring (bicyclic) bond motifs is 1. The van der Waals surface area contributed by atoms with Crippen LogP contribution in [-0.4, -0.2) is 81.1 Å². The highest BCUT2D eigenvalue weighted by atomic mass is 32.2. The van der Waals surface area contributed by atoms with Gasteiger partial charge in [-0.1, -0.05) is 64.7 Å². The van der Waals surface area contributed by atoms with Gasteiger partial charge in [-0.25, -0.2) is 4.79 Å². The molecule has 13 nitrogen and oxygen atoms in total. The Balaban J connectivity index is 2.05. The number of cyclic esters (lactones) is 1. The molecule has 1 N–H and O–H groups in total. The minimum atomic E-state index is -4.45.